The Morgan fingerprint density at radius 3 is 2.50 bits per heavy atom. The van der Waals surface area contributed by atoms with E-state index in [1.54, 1.807) is 0 Å². The summed E-state index contributed by atoms with van der Waals surface area (Å²) in [5.41, 5.74) is 5.12. The van der Waals surface area contributed by atoms with Crippen LogP contribution < -0.4 is 16.4 Å². The van der Waals surface area contributed by atoms with Gasteiger partial charge in [-0.2, -0.15) is 0 Å². The monoisotopic (exact) mass is 285 g/mol. The summed E-state index contributed by atoms with van der Waals surface area (Å²) in [4.78, 5) is 23.3. The Hall–Kier alpha value is -1.30. The number of hydrogen-bond acceptors (Lipinski definition) is 3. The van der Waals surface area contributed by atoms with Crippen LogP contribution in [-0.4, -0.2) is 35.7 Å². The molecule has 0 heterocycles. The molecule has 0 spiro atoms. The van der Waals surface area contributed by atoms with Crippen molar-refractivity contribution in [3.8, 4) is 0 Å². The number of carbonyl (C=O) groups is 2. The van der Waals surface area contributed by atoms with Crippen LogP contribution in [-0.2, 0) is 4.79 Å². The molecule has 0 aliphatic heterocycles. The Kier molecular flexibility index (Phi) is 6.78. The van der Waals surface area contributed by atoms with Gasteiger partial charge in [-0.25, -0.2) is 4.79 Å². The van der Waals surface area contributed by atoms with E-state index in [0.29, 0.717) is 6.42 Å². The molecule has 0 bridgehead atoms. The van der Waals surface area contributed by atoms with Gasteiger partial charge in [-0.1, -0.05) is 26.7 Å². The third kappa shape index (κ3) is 5.36. The average molecular weight is 285 g/mol. The third-order valence-corrected chi connectivity index (χ3v) is 3.81. The Morgan fingerprint density at radius 2 is 1.95 bits per heavy atom. The van der Waals surface area contributed by atoms with Gasteiger partial charge in [0.2, 0.25) is 5.91 Å². The van der Waals surface area contributed by atoms with Crippen LogP contribution in [0.3, 0.4) is 0 Å². The molecule has 1 rings (SSSR count). The molecule has 3 amide bonds. The highest BCUT2D eigenvalue weighted by Crippen LogP contribution is 2.24. The van der Waals surface area contributed by atoms with Crippen molar-refractivity contribution in [3.05, 3.63) is 0 Å². The van der Waals surface area contributed by atoms with Crippen molar-refractivity contribution in [3.63, 3.8) is 0 Å². The topological polar surface area (TPSA) is 104 Å². The summed E-state index contributed by atoms with van der Waals surface area (Å²) in [5, 5.41) is 14.8. The standard InChI is InChI=1S/C14H27N3O3/c1-9(2)7-12(17-14(15)20)13(19)16-11-6-4-3-5-10(11)8-18/h9-12,18H,3-8H2,1-2H3,(H,16,19)(H3,15,17,20). The lowest BCUT2D eigenvalue weighted by Crippen LogP contribution is -2.53. The summed E-state index contributed by atoms with van der Waals surface area (Å²) in [5.74, 6) is 0.182. The lowest BCUT2D eigenvalue weighted by Gasteiger charge is -2.32. The highest BCUT2D eigenvalue weighted by Gasteiger charge is 2.29. The molecular weight excluding hydrogens is 258 g/mol. The van der Waals surface area contributed by atoms with Gasteiger partial charge in [-0.3, -0.25) is 4.79 Å². The van der Waals surface area contributed by atoms with Crippen LogP contribution in [0.2, 0.25) is 0 Å². The van der Waals surface area contributed by atoms with E-state index < -0.39 is 12.1 Å². The molecule has 0 saturated heterocycles. The fourth-order valence-electron chi connectivity index (χ4n) is 2.77. The molecule has 0 aromatic carbocycles. The molecule has 3 atom stereocenters. The molecular formula is C14H27N3O3. The van der Waals surface area contributed by atoms with Gasteiger partial charge >= 0.3 is 6.03 Å². The Labute approximate surface area is 120 Å². The molecule has 20 heavy (non-hydrogen) atoms. The molecule has 0 aromatic rings. The van der Waals surface area contributed by atoms with Gasteiger partial charge in [0, 0.05) is 18.6 Å². The predicted molar refractivity (Wildman–Crippen MR) is 76.9 cm³/mol. The molecule has 0 aromatic heterocycles. The van der Waals surface area contributed by atoms with Gasteiger partial charge in [0.25, 0.3) is 0 Å². The van der Waals surface area contributed by atoms with Crippen molar-refractivity contribution in [2.75, 3.05) is 6.61 Å². The fraction of sp³-hybridized carbons (Fsp3) is 0.857. The van der Waals surface area contributed by atoms with E-state index in [-0.39, 0.29) is 30.4 Å². The summed E-state index contributed by atoms with van der Waals surface area (Å²) >= 11 is 0. The van der Waals surface area contributed by atoms with Crippen molar-refractivity contribution in [1.29, 1.82) is 0 Å². The predicted octanol–water partition coefficient (Wildman–Crippen LogP) is 0.737. The Balaban J connectivity index is 2.61. The number of nitrogens with two attached hydrogens (primary N) is 1. The molecule has 1 aliphatic carbocycles. The van der Waals surface area contributed by atoms with E-state index in [4.69, 9.17) is 5.73 Å². The largest absolute Gasteiger partial charge is 0.396 e. The summed E-state index contributed by atoms with van der Waals surface area (Å²) in [7, 11) is 0. The number of nitrogens with one attached hydrogen (secondary N) is 2. The molecule has 116 valence electrons. The van der Waals surface area contributed by atoms with Crippen LogP contribution in [0.15, 0.2) is 0 Å². The minimum Gasteiger partial charge on any atom is -0.396 e. The number of carbonyl (C=O) groups excluding carboxylic acids is 2. The van der Waals surface area contributed by atoms with Crippen molar-refractivity contribution in [1.82, 2.24) is 10.6 Å². The maximum Gasteiger partial charge on any atom is 0.312 e. The second-order valence-electron chi connectivity index (χ2n) is 6.03. The summed E-state index contributed by atoms with van der Waals surface area (Å²) < 4.78 is 0. The fourth-order valence-corrected chi connectivity index (χ4v) is 2.77. The van der Waals surface area contributed by atoms with Crippen LogP contribution in [0.1, 0.15) is 46.0 Å². The highest BCUT2D eigenvalue weighted by atomic mass is 16.3. The summed E-state index contributed by atoms with van der Waals surface area (Å²) in [6.45, 7) is 4.06. The normalized spacial score (nSPS) is 24.2. The minimum absolute atomic E-state index is 0.00871. The maximum atomic E-state index is 12.3. The van der Waals surface area contributed by atoms with Crippen LogP contribution in [0.5, 0.6) is 0 Å². The van der Waals surface area contributed by atoms with Crippen LogP contribution >= 0.6 is 0 Å². The maximum absolute atomic E-state index is 12.3. The van der Waals surface area contributed by atoms with Crippen LogP contribution in [0.4, 0.5) is 4.79 Å². The first-order chi connectivity index (χ1) is 9.43. The molecule has 5 N–H and O–H groups in total. The number of amides is 3. The molecule has 6 heteroatoms. The van der Waals surface area contributed by atoms with E-state index in [1.807, 2.05) is 13.8 Å². The molecule has 6 nitrogen and oxygen atoms in total. The van der Waals surface area contributed by atoms with E-state index in [0.717, 1.165) is 25.7 Å². The Morgan fingerprint density at radius 1 is 1.30 bits per heavy atom. The van der Waals surface area contributed by atoms with Crippen molar-refractivity contribution in [2.45, 2.75) is 58.0 Å². The molecule has 1 fully saturated rings. The van der Waals surface area contributed by atoms with Crippen molar-refractivity contribution in [2.24, 2.45) is 17.6 Å². The Bertz CT molecular complexity index is 334. The van der Waals surface area contributed by atoms with Crippen molar-refractivity contribution >= 4 is 11.9 Å². The number of hydrogen-bond donors (Lipinski definition) is 4. The number of aliphatic hydroxyl groups is 1. The molecule has 3 unspecified atom stereocenters. The highest BCUT2D eigenvalue weighted by molar-refractivity contribution is 5.86. The summed E-state index contributed by atoms with van der Waals surface area (Å²) in [6.07, 6.45) is 4.50. The first kappa shape index (κ1) is 16.8. The average Bonchev–Trinajstić information content (AvgIpc) is 2.37. The number of aliphatic hydroxyl groups excluding tert-OH is 1. The van der Waals surface area contributed by atoms with Gasteiger partial charge in [0.1, 0.15) is 6.04 Å². The van der Waals surface area contributed by atoms with Gasteiger partial charge in [0.15, 0.2) is 0 Å². The lowest BCUT2D eigenvalue weighted by molar-refractivity contribution is -0.124. The number of rotatable bonds is 6. The van der Waals surface area contributed by atoms with Crippen LogP contribution in [0, 0.1) is 11.8 Å². The molecule has 1 saturated carbocycles. The smallest absolute Gasteiger partial charge is 0.312 e. The van der Waals surface area contributed by atoms with Gasteiger partial charge in [-0.05, 0) is 25.2 Å². The molecule has 0 radical (unpaired) electrons. The quantitative estimate of drug-likeness (QED) is 0.578. The van der Waals surface area contributed by atoms with Gasteiger partial charge < -0.3 is 21.5 Å². The number of urea groups is 1. The van der Waals surface area contributed by atoms with E-state index in [9.17, 15) is 14.7 Å². The first-order valence-electron chi connectivity index (χ1n) is 7.41. The minimum atomic E-state index is -0.687. The summed E-state index contributed by atoms with van der Waals surface area (Å²) in [6, 6.07) is -1.30. The van der Waals surface area contributed by atoms with Crippen LogP contribution in [0.25, 0.3) is 0 Å². The third-order valence-electron chi connectivity index (χ3n) is 3.81. The second-order valence-corrected chi connectivity index (χ2v) is 6.03. The lowest BCUT2D eigenvalue weighted by atomic mass is 9.85. The zero-order valence-electron chi connectivity index (χ0n) is 12.4. The van der Waals surface area contributed by atoms with E-state index in [1.165, 1.54) is 0 Å². The zero-order chi connectivity index (χ0) is 15.1. The van der Waals surface area contributed by atoms with E-state index >= 15 is 0 Å². The number of primary amides is 1. The molecule has 1 aliphatic rings. The van der Waals surface area contributed by atoms with Crippen molar-refractivity contribution < 1.29 is 14.7 Å². The SMILES string of the molecule is CC(C)CC(NC(N)=O)C(=O)NC1CCCCC1CO. The van der Waals surface area contributed by atoms with E-state index in [2.05, 4.69) is 10.6 Å². The van der Waals surface area contributed by atoms with Gasteiger partial charge in [0.05, 0.1) is 0 Å². The first-order valence-corrected chi connectivity index (χ1v) is 7.41. The van der Waals surface area contributed by atoms with Gasteiger partial charge in [-0.15, -0.1) is 0 Å². The zero-order valence-corrected chi connectivity index (χ0v) is 12.4. The second kappa shape index (κ2) is 8.09.